The van der Waals surface area contributed by atoms with Crippen molar-refractivity contribution in [2.75, 3.05) is 5.73 Å². The number of imidazole rings is 1. The van der Waals surface area contributed by atoms with Crippen molar-refractivity contribution in [3.63, 3.8) is 0 Å². The number of fused-ring (bicyclic) bond motifs is 1. The lowest BCUT2D eigenvalue weighted by Gasteiger charge is -2.06. The molecule has 17 heavy (non-hydrogen) atoms. The van der Waals surface area contributed by atoms with Gasteiger partial charge >= 0.3 is 0 Å². The summed E-state index contributed by atoms with van der Waals surface area (Å²) in [7, 11) is 0. The largest absolute Gasteiger partial charge is 0.369 e. The Morgan fingerprint density at radius 3 is 2.82 bits per heavy atom. The lowest BCUT2D eigenvalue weighted by Crippen LogP contribution is -2.12. The van der Waals surface area contributed by atoms with Crippen LogP contribution in [0, 0.1) is 0 Å². The van der Waals surface area contributed by atoms with Crippen LogP contribution in [0.2, 0.25) is 0 Å². The van der Waals surface area contributed by atoms with Gasteiger partial charge in [0.2, 0.25) is 5.95 Å². The Hall–Kier alpha value is -1.89. The van der Waals surface area contributed by atoms with Crippen molar-refractivity contribution in [3.05, 3.63) is 16.2 Å². The lowest BCUT2D eigenvalue weighted by atomic mass is 10.1. The topological polar surface area (TPSA) is 126 Å². The Balaban J connectivity index is 2.37. The molecule has 0 bridgehead atoms. The van der Waals surface area contributed by atoms with Crippen LogP contribution >= 0.6 is 0 Å². The van der Waals surface area contributed by atoms with Crippen molar-refractivity contribution in [2.45, 2.75) is 32.2 Å². The molecule has 2 rings (SSSR count). The normalized spacial score (nSPS) is 13.1. The second kappa shape index (κ2) is 4.54. The number of nitrogen functional groups attached to an aromatic ring is 1. The van der Waals surface area contributed by atoms with Gasteiger partial charge in [-0.05, 0) is 6.42 Å². The van der Waals surface area contributed by atoms with Crippen LogP contribution in [0.15, 0.2) is 4.79 Å². The number of hydrogen-bond donors (Lipinski definition) is 4. The molecule has 7 nitrogen and oxygen atoms in total. The molecule has 0 aliphatic rings. The molecule has 0 fully saturated rings. The van der Waals surface area contributed by atoms with E-state index in [1.54, 1.807) is 0 Å². The molecule has 1 unspecified atom stereocenters. The van der Waals surface area contributed by atoms with Gasteiger partial charge in [-0.2, -0.15) is 4.98 Å². The van der Waals surface area contributed by atoms with E-state index < -0.39 is 0 Å². The Kier molecular flexibility index (Phi) is 3.10. The number of rotatable bonds is 4. The summed E-state index contributed by atoms with van der Waals surface area (Å²) in [5.41, 5.74) is 11.7. The highest BCUT2D eigenvalue weighted by Crippen LogP contribution is 2.15. The van der Waals surface area contributed by atoms with Crippen LogP contribution in [0.25, 0.3) is 11.2 Å². The fourth-order valence-electron chi connectivity index (χ4n) is 1.68. The summed E-state index contributed by atoms with van der Waals surface area (Å²) < 4.78 is 0. The fourth-order valence-corrected chi connectivity index (χ4v) is 1.68. The van der Waals surface area contributed by atoms with E-state index in [2.05, 4.69) is 26.9 Å². The van der Waals surface area contributed by atoms with E-state index >= 15 is 0 Å². The minimum absolute atomic E-state index is 0.0580. The summed E-state index contributed by atoms with van der Waals surface area (Å²) in [6, 6.07) is -0.204. The van der Waals surface area contributed by atoms with Gasteiger partial charge in [-0.3, -0.25) is 9.78 Å². The van der Waals surface area contributed by atoms with Crippen LogP contribution in [0.1, 0.15) is 38.1 Å². The van der Waals surface area contributed by atoms with Gasteiger partial charge in [-0.1, -0.05) is 19.8 Å². The van der Waals surface area contributed by atoms with E-state index in [1.807, 2.05) is 0 Å². The van der Waals surface area contributed by atoms with Crippen LogP contribution in [-0.4, -0.2) is 19.9 Å². The Morgan fingerprint density at radius 2 is 2.12 bits per heavy atom. The first-order valence-electron chi connectivity index (χ1n) is 5.62. The van der Waals surface area contributed by atoms with Crippen molar-refractivity contribution in [2.24, 2.45) is 5.73 Å². The standard InChI is InChI=1S/C10H16N6O/c1-2-3-4-5(11)7-13-6-8(14-7)15-10(12)16-9(6)17/h5H,2-4,11H2,1H3,(H4,12,13,14,15,16,17). The van der Waals surface area contributed by atoms with Gasteiger partial charge in [0.15, 0.2) is 11.2 Å². The van der Waals surface area contributed by atoms with Crippen molar-refractivity contribution in [1.29, 1.82) is 0 Å². The third-order valence-corrected chi connectivity index (χ3v) is 2.62. The molecule has 2 heterocycles. The molecule has 0 amide bonds. The molecule has 0 saturated heterocycles. The minimum atomic E-state index is -0.325. The number of unbranched alkanes of at least 4 members (excludes halogenated alkanes) is 1. The second-order valence-electron chi connectivity index (χ2n) is 4.02. The average Bonchev–Trinajstić information content (AvgIpc) is 2.69. The molecular weight excluding hydrogens is 220 g/mol. The maximum Gasteiger partial charge on any atom is 0.278 e. The van der Waals surface area contributed by atoms with Gasteiger partial charge in [0.1, 0.15) is 5.82 Å². The highest BCUT2D eigenvalue weighted by atomic mass is 16.1. The number of hydrogen-bond acceptors (Lipinski definition) is 5. The van der Waals surface area contributed by atoms with E-state index in [0.717, 1.165) is 19.3 Å². The number of anilines is 1. The summed E-state index contributed by atoms with van der Waals surface area (Å²) in [5.74, 6) is 0.639. The molecule has 2 aromatic heterocycles. The maximum atomic E-state index is 11.6. The van der Waals surface area contributed by atoms with Gasteiger partial charge in [0, 0.05) is 0 Å². The van der Waals surface area contributed by atoms with Crippen LogP contribution in [0.4, 0.5) is 5.95 Å². The maximum absolute atomic E-state index is 11.6. The zero-order valence-corrected chi connectivity index (χ0v) is 9.66. The highest BCUT2D eigenvalue weighted by molar-refractivity contribution is 5.70. The predicted octanol–water partition coefficient (Wildman–Crippen LogP) is 0.418. The molecule has 0 saturated carbocycles. The molecule has 0 aliphatic carbocycles. The minimum Gasteiger partial charge on any atom is -0.369 e. The first-order valence-corrected chi connectivity index (χ1v) is 5.62. The van der Waals surface area contributed by atoms with E-state index in [4.69, 9.17) is 11.5 Å². The molecule has 6 N–H and O–H groups in total. The van der Waals surface area contributed by atoms with Crippen LogP contribution in [0.3, 0.4) is 0 Å². The Morgan fingerprint density at radius 1 is 1.35 bits per heavy atom. The highest BCUT2D eigenvalue weighted by Gasteiger charge is 2.13. The van der Waals surface area contributed by atoms with Crippen molar-refractivity contribution < 1.29 is 0 Å². The van der Waals surface area contributed by atoms with E-state index in [-0.39, 0.29) is 17.5 Å². The van der Waals surface area contributed by atoms with Crippen LogP contribution in [-0.2, 0) is 0 Å². The molecule has 2 aromatic rings. The van der Waals surface area contributed by atoms with Crippen molar-refractivity contribution >= 4 is 17.1 Å². The first-order chi connectivity index (χ1) is 8.11. The summed E-state index contributed by atoms with van der Waals surface area (Å²) in [6.07, 6.45) is 2.91. The number of aromatic nitrogens is 4. The zero-order valence-electron chi connectivity index (χ0n) is 9.66. The van der Waals surface area contributed by atoms with Gasteiger partial charge in [0.05, 0.1) is 6.04 Å². The molecule has 0 aliphatic heterocycles. The van der Waals surface area contributed by atoms with E-state index in [0.29, 0.717) is 17.0 Å². The second-order valence-corrected chi connectivity index (χ2v) is 4.02. The predicted molar refractivity (Wildman–Crippen MR) is 65.4 cm³/mol. The number of nitrogens with one attached hydrogen (secondary N) is 2. The van der Waals surface area contributed by atoms with Crippen molar-refractivity contribution in [3.8, 4) is 0 Å². The van der Waals surface area contributed by atoms with E-state index in [1.165, 1.54) is 0 Å². The SMILES string of the molecule is CCCCC(N)c1nc2nc(N)[nH]c(=O)c2[nH]1. The number of nitrogens with zero attached hydrogens (tertiary/aromatic N) is 2. The molecule has 92 valence electrons. The monoisotopic (exact) mass is 236 g/mol. The Labute approximate surface area is 97.6 Å². The smallest absolute Gasteiger partial charge is 0.278 e. The van der Waals surface area contributed by atoms with Crippen LogP contribution < -0.4 is 17.0 Å². The van der Waals surface area contributed by atoms with Crippen LogP contribution in [0.5, 0.6) is 0 Å². The zero-order chi connectivity index (χ0) is 12.4. The summed E-state index contributed by atoms with van der Waals surface area (Å²) in [5, 5.41) is 0. The molecule has 0 aromatic carbocycles. The van der Waals surface area contributed by atoms with Gasteiger partial charge in [0.25, 0.3) is 5.56 Å². The van der Waals surface area contributed by atoms with Gasteiger partial charge in [-0.25, -0.2) is 4.98 Å². The van der Waals surface area contributed by atoms with Gasteiger partial charge < -0.3 is 16.5 Å². The lowest BCUT2D eigenvalue weighted by molar-refractivity contribution is 0.581. The molecule has 7 heteroatoms. The fraction of sp³-hybridized carbons (Fsp3) is 0.500. The van der Waals surface area contributed by atoms with Crippen molar-refractivity contribution in [1.82, 2.24) is 19.9 Å². The van der Waals surface area contributed by atoms with Gasteiger partial charge in [-0.15, -0.1) is 0 Å². The molecule has 1 atom stereocenters. The average molecular weight is 236 g/mol. The number of nitrogens with two attached hydrogens (primary N) is 2. The third-order valence-electron chi connectivity index (χ3n) is 2.62. The summed E-state index contributed by atoms with van der Waals surface area (Å²) >= 11 is 0. The quantitative estimate of drug-likeness (QED) is 0.611. The third kappa shape index (κ3) is 2.28. The Bertz CT molecular complexity index is 572. The molecule has 0 spiro atoms. The molecule has 0 radical (unpaired) electrons. The molecular formula is C10H16N6O. The van der Waals surface area contributed by atoms with E-state index in [9.17, 15) is 4.79 Å². The summed E-state index contributed by atoms with van der Waals surface area (Å²) in [6.45, 7) is 2.10. The number of H-pyrrole nitrogens is 2. The summed E-state index contributed by atoms with van der Waals surface area (Å²) in [4.78, 5) is 25.0. The number of aromatic amines is 2. The first kappa shape index (κ1) is 11.6.